The van der Waals surface area contributed by atoms with Crippen LogP contribution in [0.3, 0.4) is 0 Å². The van der Waals surface area contributed by atoms with Crippen LogP contribution in [0.4, 0.5) is 5.69 Å². The minimum Gasteiger partial charge on any atom is -0.306 e. The van der Waals surface area contributed by atoms with E-state index in [9.17, 15) is 4.79 Å². The first-order valence-electron chi connectivity index (χ1n) is 6.32. The van der Waals surface area contributed by atoms with Crippen molar-refractivity contribution in [3.63, 3.8) is 0 Å². The molecule has 1 fully saturated rings. The molecule has 3 N–H and O–H groups in total. The van der Waals surface area contributed by atoms with Gasteiger partial charge in [-0.15, -0.1) is 0 Å². The molecule has 1 saturated heterocycles. The summed E-state index contributed by atoms with van der Waals surface area (Å²) in [5, 5.41) is 11.9. The van der Waals surface area contributed by atoms with E-state index >= 15 is 0 Å². The summed E-state index contributed by atoms with van der Waals surface area (Å²) in [6.45, 7) is 4.58. The smallest absolute Gasteiger partial charge is 0.249 e. The largest absolute Gasteiger partial charge is 0.306 e. The molecular formula is C13H20N3O2+. The Kier molecular flexibility index (Phi) is 4.30. The van der Waals surface area contributed by atoms with Crippen molar-refractivity contribution in [1.82, 2.24) is 15.3 Å². The van der Waals surface area contributed by atoms with Gasteiger partial charge in [0, 0.05) is 13.1 Å². The molecule has 0 unspecified atom stereocenters. The molecule has 0 radical (unpaired) electrons. The van der Waals surface area contributed by atoms with Gasteiger partial charge in [-0.2, -0.15) is 0 Å². The van der Waals surface area contributed by atoms with E-state index < -0.39 is 0 Å². The third kappa shape index (κ3) is 2.87. The highest BCUT2D eigenvalue weighted by atomic mass is 16.5. The molecule has 5 heteroatoms. The Morgan fingerprint density at radius 2 is 1.94 bits per heavy atom. The van der Waals surface area contributed by atoms with Gasteiger partial charge in [0.25, 0.3) is 0 Å². The highest BCUT2D eigenvalue weighted by molar-refractivity contribution is 5.75. The fourth-order valence-corrected chi connectivity index (χ4v) is 2.55. The molecule has 0 spiro atoms. The Bertz CT molecular complexity index is 388. The third-order valence-electron chi connectivity index (χ3n) is 3.63. The number of amides is 1. The number of benzene rings is 1. The normalized spacial score (nSPS) is 18.3. The molecule has 1 amide bonds. The Labute approximate surface area is 107 Å². The van der Waals surface area contributed by atoms with Crippen molar-refractivity contribution >= 4 is 11.6 Å². The van der Waals surface area contributed by atoms with Gasteiger partial charge in [-0.3, -0.25) is 14.5 Å². The van der Waals surface area contributed by atoms with Gasteiger partial charge in [0.1, 0.15) is 5.69 Å². The van der Waals surface area contributed by atoms with Crippen LogP contribution in [0, 0.1) is 0 Å². The quantitative estimate of drug-likeness (QED) is 0.414. The number of hydroxylamine groups is 1. The molecule has 2 rings (SSSR count). The van der Waals surface area contributed by atoms with E-state index in [-0.39, 0.29) is 5.91 Å². The molecule has 0 atom stereocenters. The van der Waals surface area contributed by atoms with E-state index in [1.807, 2.05) is 18.2 Å². The number of rotatable bonds is 4. The molecule has 18 heavy (non-hydrogen) atoms. The minimum absolute atomic E-state index is 0.318. The second-order valence-corrected chi connectivity index (χ2v) is 4.69. The average Bonchev–Trinajstić information content (AvgIpc) is 2.46. The molecular weight excluding hydrogens is 230 g/mol. The summed E-state index contributed by atoms with van der Waals surface area (Å²) in [5.41, 5.74) is 2.95. The summed E-state index contributed by atoms with van der Waals surface area (Å²) in [7, 11) is 0. The maximum absolute atomic E-state index is 11.2. The summed E-state index contributed by atoms with van der Waals surface area (Å²) < 4.78 is 0.807. The zero-order chi connectivity index (χ0) is 12.8. The molecule has 1 heterocycles. The number of hydrogen-bond acceptors (Lipinski definition) is 3. The third-order valence-corrected chi connectivity index (χ3v) is 3.63. The first-order chi connectivity index (χ1) is 8.77. The fraction of sp³-hybridized carbons (Fsp3) is 0.462. The van der Waals surface area contributed by atoms with Crippen molar-refractivity contribution in [2.45, 2.75) is 6.42 Å². The number of piperazine rings is 1. The van der Waals surface area contributed by atoms with Crippen LogP contribution < -0.4 is 15.3 Å². The molecule has 0 bridgehead atoms. The Morgan fingerprint density at radius 3 is 2.56 bits per heavy atom. The lowest BCUT2D eigenvalue weighted by atomic mass is 10.1. The molecule has 0 aliphatic carbocycles. The average molecular weight is 250 g/mol. The highest BCUT2D eigenvalue weighted by Crippen LogP contribution is 2.24. The monoisotopic (exact) mass is 250 g/mol. The van der Waals surface area contributed by atoms with E-state index in [1.54, 1.807) is 5.48 Å². The fourth-order valence-electron chi connectivity index (χ4n) is 2.55. The molecule has 98 valence electrons. The number of nitrogens with one attached hydrogen (secondary N) is 2. The minimum atomic E-state index is -0.318. The molecule has 1 aromatic carbocycles. The van der Waals surface area contributed by atoms with Crippen LogP contribution in [0.1, 0.15) is 6.42 Å². The lowest BCUT2D eigenvalue weighted by molar-refractivity contribution is -0.129. The molecule has 0 saturated carbocycles. The van der Waals surface area contributed by atoms with E-state index in [0.29, 0.717) is 6.42 Å². The van der Waals surface area contributed by atoms with Crippen molar-refractivity contribution in [3.8, 4) is 0 Å². The van der Waals surface area contributed by atoms with Gasteiger partial charge in [0.05, 0.1) is 26.1 Å². The zero-order valence-corrected chi connectivity index (χ0v) is 10.4. The van der Waals surface area contributed by atoms with Crippen molar-refractivity contribution in [2.75, 3.05) is 32.7 Å². The van der Waals surface area contributed by atoms with Gasteiger partial charge in [0.15, 0.2) is 0 Å². The van der Waals surface area contributed by atoms with E-state index in [4.69, 9.17) is 5.21 Å². The van der Waals surface area contributed by atoms with Gasteiger partial charge in [0.2, 0.25) is 5.91 Å². The summed E-state index contributed by atoms with van der Waals surface area (Å²) in [4.78, 5) is 11.2. The van der Waals surface area contributed by atoms with E-state index in [0.717, 1.165) is 37.2 Å². The first kappa shape index (κ1) is 13.0. The number of nitrogens with zero attached hydrogens (tertiary/aromatic N) is 1. The maximum Gasteiger partial charge on any atom is 0.249 e. The summed E-state index contributed by atoms with van der Waals surface area (Å²) in [6, 6.07) is 10.3. The Hall–Kier alpha value is -1.43. The van der Waals surface area contributed by atoms with E-state index in [1.165, 1.54) is 5.69 Å². The second kappa shape index (κ2) is 5.95. The summed E-state index contributed by atoms with van der Waals surface area (Å²) in [5.74, 6) is -0.318. The topological polar surface area (TPSA) is 61.4 Å². The highest BCUT2D eigenvalue weighted by Gasteiger charge is 2.32. The van der Waals surface area contributed by atoms with Crippen molar-refractivity contribution in [3.05, 3.63) is 30.3 Å². The summed E-state index contributed by atoms with van der Waals surface area (Å²) >= 11 is 0. The van der Waals surface area contributed by atoms with Crippen molar-refractivity contribution in [1.29, 1.82) is 0 Å². The molecule has 5 nitrogen and oxygen atoms in total. The second-order valence-electron chi connectivity index (χ2n) is 4.69. The van der Waals surface area contributed by atoms with Crippen LogP contribution >= 0.6 is 0 Å². The lowest BCUT2D eigenvalue weighted by Gasteiger charge is -2.41. The molecule has 0 aromatic heterocycles. The first-order valence-corrected chi connectivity index (χ1v) is 6.32. The number of quaternary nitrogens is 1. The van der Waals surface area contributed by atoms with Crippen molar-refractivity contribution in [2.24, 2.45) is 0 Å². The van der Waals surface area contributed by atoms with Gasteiger partial charge >= 0.3 is 0 Å². The van der Waals surface area contributed by atoms with Gasteiger partial charge in [-0.05, 0) is 12.1 Å². The Balaban J connectivity index is 2.15. The van der Waals surface area contributed by atoms with Crippen LogP contribution in [-0.4, -0.2) is 43.8 Å². The van der Waals surface area contributed by atoms with Gasteiger partial charge in [-0.25, -0.2) is 5.48 Å². The molecule has 1 aliphatic heterocycles. The predicted molar refractivity (Wildman–Crippen MR) is 70.3 cm³/mol. The van der Waals surface area contributed by atoms with Gasteiger partial charge in [-0.1, -0.05) is 18.2 Å². The van der Waals surface area contributed by atoms with Gasteiger partial charge < -0.3 is 5.32 Å². The van der Waals surface area contributed by atoms with Crippen LogP contribution in [0.15, 0.2) is 30.3 Å². The lowest BCUT2D eigenvalue weighted by Crippen LogP contribution is -2.60. The van der Waals surface area contributed by atoms with E-state index in [2.05, 4.69) is 17.4 Å². The SMILES string of the molecule is O=C(CC[N+]1(c2ccccc2)CCNCC1)NO. The van der Waals surface area contributed by atoms with Crippen LogP contribution in [-0.2, 0) is 4.79 Å². The number of hydrogen-bond donors (Lipinski definition) is 3. The van der Waals surface area contributed by atoms with Crippen molar-refractivity contribution < 1.29 is 10.0 Å². The van der Waals surface area contributed by atoms with Crippen LogP contribution in [0.25, 0.3) is 0 Å². The van der Waals surface area contributed by atoms with Crippen LogP contribution in [0.2, 0.25) is 0 Å². The number of carbonyl (C=O) groups excluding carboxylic acids is 1. The number of carbonyl (C=O) groups is 1. The maximum atomic E-state index is 11.2. The summed E-state index contributed by atoms with van der Waals surface area (Å²) in [6.07, 6.45) is 0.339. The standard InChI is InChI=1S/C13H19N3O2/c17-13(15-18)6-9-16(10-7-14-8-11-16)12-4-2-1-3-5-12/h1-5,14H,6-11H2,(H-,15,17,18)/p+1. The number of para-hydroxylation sites is 1. The zero-order valence-electron chi connectivity index (χ0n) is 10.4. The Morgan fingerprint density at radius 1 is 1.28 bits per heavy atom. The molecule has 1 aliphatic rings. The van der Waals surface area contributed by atoms with Crippen LogP contribution in [0.5, 0.6) is 0 Å². The predicted octanol–water partition coefficient (Wildman–Crippen LogP) is 0.493. The molecule has 1 aromatic rings.